The molecule has 0 aliphatic heterocycles. The van der Waals surface area contributed by atoms with Crippen LogP contribution in [0, 0.1) is 0 Å². The zero-order chi connectivity index (χ0) is 14.0. The Balaban J connectivity index is 3.51. The predicted molar refractivity (Wildman–Crippen MR) is 89.3 cm³/mol. The van der Waals surface area contributed by atoms with Gasteiger partial charge in [0, 0.05) is 0 Å². The van der Waals surface area contributed by atoms with Crippen LogP contribution in [0.15, 0.2) is 73.4 Å². The zero-order valence-electron chi connectivity index (χ0n) is 12.3. The minimum absolute atomic E-state index is 1.20. The average Bonchev–Trinajstić information content (AvgIpc) is 2.43. The molecular formula is C19H28. The Morgan fingerprint density at radius 1 is 0.632 bits per heavy atom. The van der Waals surface area contributed by atoms with Crippen LogP contribution in [-0.4, -0.2) is 0 Å². The van der Waals surface area contributed by atoms with Crippen molar-refractivity contribution in [3.63, 3.8) is 0 Å². The molecule has 0 saturated heterocycles. The molecule has 0 aromatic carbocycles. The van der Waals surface area contributed by atoms with Crippen molar-refractivity contribution in [1.82, 2.24) is 0 Å². The summed E-state index contributed by atoms with van der Waals surface area (Å²) in [5, 5.41) is 0. The molecule has 0 aliphatic rings. The monoisotopic (exact) mass is 256 g/mol. The highest BCUT2D eigenvalue weighted by atomic mass is 13.9. The molecule has 0 unspecified atom stereocenters. The van der Waals surface area contributed by atoms with Gasteiger partial charge in [0.15, 0.2) is 0 Å². The van der Waals surface area contributed by atoms with Crippen molar-refractivity contribution < 1.29 is 0 Å². The molecule has 0 spiro atoms. The number of hydrogen-bond acceptors (Lipinski definition) is 0. The molecule has 0 aromatic heterocycles. The highest BCUT2D eigenvalue weighted by molar-refractivity contribution is 5.18. The first-order valence-electron chi connectivity index (χ1n) is 7.36. The van der Waals surface area contributed by atoms with Gasteiger partial charge in [-0.3, -0.25) is 0 Å². The summed E-state index contributed by atoms with van der Waals surface area (Å²) in [6.45, 7) is 5.86. The molecule has 19 heavy (non-hydrogen) atoms. The maximum Gasteiger partial charge on any atom is -0.0348 e. The van der Waals surface area contributed by atoms with Gasteiger partial charge in [-0.1, -0.05) is 106 Å². The number of rotatable bonds is 11. The lowest BCUT2D eigenvalue weighted by Crippen LogP contribution is -1.75. The summed E-state index contributed by atoms with van der Waals surface area (Å²) in [6, 6.07) is 0. The summed E-state index contributed by atoms with van der Waals surface area (Å²) in [5.41, 5.74) is 0. The molecule has 0 atom stereocenters. The van der Waals surface area contributed by atoms with Gasteiger partial charge >= 0.3 is 0 Å². The standard InChI is InChI=1S/C19H28/c1-3-5-7-9-11-13-15-17-19-18-16-14-12-10-8-6-4-2/h3,5,7,9,11,13,15-19H,1,4,6,8,10,12,14H2,2H3. The third-order valence-electron chi connectivity index (χ3n) is 2.64. The number of hydrogen-bond donors (Lipinski definition) is 0. The van der Waals surface area contributed by atoms with E-state index < -0.39 is 0 Å². The molecule has 0 rings (SSSR count). The van der Waals surface area contributed by atoms with Gasteiger partial charge in [-0.25, -0.2) is 0 Å². The third-order valence-corrected chi connectivity index (χ3v) is 2.64. The normalized spacial score (nSPS) is 12.9. The van der Waals surface area contributed by atoms with Crippen molar-refractivity contribution in [3.05, 3.63) is 73.4 Å². The first-order chi connectivity index (χ1) is 9.41. The fourth-order valence-corrected chi connectivity index (χ4v) is 1.57. The van der Waals surface area contributed by atoms with Crippen LogP contribution in [-0.2, 0) is 0 Å². The fourth-order valence-electron chi connectivity index (χ4n) is 1.57. The third kappa shape index (κ3) is 16.4. The molecule has 0 heterocycles. The van der Waals surface area contributed by atoms with Gasteiger partial charge in [0.05, 0.1) is 0 Å². The zero-order valence-corrected chi connectivity index (χ0v) is 12.3. The molecule has 0 radical (unpaired) electrons. The predicted octanol–water partition coefficient (Wildman–Crippen LogP) is 6.31. The molecule has 0 aromatic rings. The van der Waals surface area contributed by atoms with E-state index in [1.807, 2.05) is 36.5 Å². The smallest absolute Gasteiger partial charge is 0.0348 e. The maximum absolute atomic E-state index is 3.61. The lowest BCUT2D eigenvalue weighted by Gasteiger charge is -1.95. The highest BCUT2D eigenvalue weighted by Crippen LogP contribution is 2.05. The van der Waals surface area contributed by atoms with Crippen LogP contribution in [0.1, 0.15) is 45.4 Å². The molecule has 0 nitrogen and oxygen atoms in total. The second-order valence-electron chi connectivity index (χ2n) is 4.41. The summed E-state index contributed by atoms with van der Waals surface area (Å²) >= 11 is 0. The van der Waals surface area contributed by atoms with Crippen molar-refractivity contribution >= 4 is 0 Å². The van der Waals surface area contributed by atoms with Crippen LogP contribution in [0.5, 0.6) is 0 Å². The van der Waals surface area contributed by atoms with Gasteiger partial charge in [0.1, 0.15) is 0 Å². The Morgan fingerprint density at radius 3 is 1.74 bits per heavy atom. The van der Waals surface area contributed by atoms with Crippen LogP contribution in [0.25, 0.3) is 0 Å². The van der Waals surface area contributed by atoms with Crippen molar-refractivity contribution in [2.75, 3.05) is 0 Å². The quantitative estimate of drug-likeness (QED) is 0.300. The summed E-state index contributed by atoms with van der Waals surface area (Å²) in [4.78, 5) is 0. The van der Waals surface area contributed by atoms with Gasteiger partial charge in [0.25, 0.3) is 0 Å². The SMILES string of the molecule is C=CC=CC=CC=CC=CC=CCCCCCCC. The molecular weight excluding hydrogens is 228 g/mol. The molecule has 0 fully saturated rings. The average molecular weight is 256 g/mol. The minimum atomic E-state index is 1.20. The summed E-state index contributed by atoms with van der Waals surface area (Å²) < 4.78 is 0. The summed E-state index contributed by atoms with van der Waals surface area (Å²) in [6.07, 6.45) is 30.1. The van der Waals surface area contributed by atoms with Gasteiger partial charge < -0.3 is 0 Å². The van der Waals surface area contributed by atoms with E-state index in [4.69, 9.17) is 0 Å². The Labute approximate surface area is 119 Å². The van der Waals surface area contributed by atoms with E-state index in [9.17, 15) is 0 Å². The van der Waals surface area contributed by atoms with Crippen LogP contribution in [0.4, 0.5) is 0 Å². The van der Waals surface area contributed by atoms with Crippen molar-refractivity contribution in [2.24, 2.45) is 0 Å². The highest BCUT2D eigenvalue weighted by Gasteiger charge is 1.85. The first-order valence-corrected chi connectivity index (χ1v) is 7.36. The minimum Gasteiger partial charge on any atom is -0.0991 e. The fraction of sp³-hybridized carbons (Fsp3) is 0.368. The van der Waals surface area contributed by atoms with Crippen molar-refractivity contribution in [2.45, 2.75) is 45.4 Å². The summed E-state index contributed by atoms with van der Waals surface area (Å²) in [5.74, 6) is 0. The second kappa shape index (κ2) is 16.4. The molecule has 0 amide bonds. The molecule has 0 N–H and O–H groups in total. The summed E-state index contributed by atoms with van der Waals surface area (Å²) in [7, 11) is 0. The van der Waals surface area contributed by atoms with E-state index in [0.717, 1.165) is 0 Å². The van der Waals surface area contributed by atoms with Crippen LogP contribution in [0.2, 0.25) is 0 Å². The van der Waals surface area contributed by atoms with Gasteiger partial charge in [-0.15, -0.1) is 0 Å². The number of unbranched alkanes of at least 4 members (excludes halogenated alkanes) is 5. The van der Waals surface area contributed by atoms with E-state index in [1.165, 1.54) is 38.5 Å². The Kier molecular flexibility index (Phi) is 15.1. The largest absolute Gasteiger partial charge is 0.0991 e. The Bertz CT molecular complexity index is 324. The van der Waals surface area contributed by atoms with Gasteiger partial charge in [0.2, 0.25) is 0 Å². The van der Waals surface area contributed by atoms with E-state index in [-0.39, 0.29) is 0 Å². The van der Waals surface area contributed by atoms with Crippen molar-refractivity contribution in [3.8, 4) is 0 Å². The second-order valence-corrected chi connectivity index (χ2v) is 4.41. The molecule has 0 saturated carbocycles. The van der Waals surface area contributed by atoms with E-state index in [0.29, 0.717) is 0 Å². The number of allylic oxidation sites excluding steroid dienone is 11. The molecule has 0 heteroatoms. The van der Waals surface area contributed by atoms with Gasteiger partial charge in [-0.2, -0.15) is 0 Å². The van der Waals surface area contributed by atoms with E-state index >= 15 is 0 Å². The van der Waals surface area contributed by atoms with Crippen LogP contribution < -0.4 is 0 Å². The van der Waals surface area contributed by atoms with E-state index in [2.05, 4.69) is 37.8 Å². The lowest BCUT2D eigenvalue weighted by atomic mass is 10.1. The van der Waals surface area contributed by atoms with E-state index in [1.54, 1.807) is 6.08 Å². The molecule has 0 bridgehead atoms. The molecule has 0 aliphatic carbocycles. The van der Waals surface area contributed by atoms with Crippen LogP contribution in [0.3, 0.4) is 0 Å². The van der Waals surface area contributed by atoms with Crippen molar-refractivity contribution in [1.29, 1.82) is 0 Å². The lowest BCUT2D eigenvalue weighted by molar-refractivity contribution is 0.637. The van der Waals surface area contributed by atoms with Gasteiger partial charge in [-0.05, 0) is 12.8 Å². The molecule has 104 valence electrons. The first kappa shape index (κ1) is 17.4. The topological polar surface area (TPSA) is 0 Å². The van der Waals surface area contributed by atoms with Crippen LogP contribution >= 0.6 is 0 Å². The maximum atomic E-state index is 3.61. The Hall–Kier alpha value is -1.56. The Morgan fingerprint density at radius 2 is 1.16 bits per heavy atom.